The van der Waals surface area contributed by atoms with Gasteiger partial charge in [0.25, 0.3) is 0 Å². The first kappa shape index (κ1) is 18.1. The lowest BCUT2D eigenvalue weighted by Gasteiger charge is -2.09. The Hall–Kier alpha value is -2.32. The largest absolute Gasteiger partial charge is 0.493 e. The van der Waals surface area contributed by atoms with E-state index in [9.17, 15) is 4.79 Å². The number of nitrogens with zero attached hydrogens (tertiary/aromatic N) is 3. The summed E-state index contributed by atoms with van der Waals surface area (Å²) in [5.41, 5.74) is 0.594. The van der Waals surface area contributed by atoms with E-state index in [0.717, 1.165) is 28.7 Å². The molecule has 1 aliphatic rings. The van der Waals surface area contributed by atoms with Crippen molar-refractivity contribution in [3.63, 3.8) is 0 Å². The minimum Gasteiger partial charge on any atom is -0.493 e. The van der Waals surface area contributed by atoms with E-state index in [2.05, 4.69) is 20.8 Å². The fraction of sp³-hybridized carbons (Fsp3) is 0.316. The molecule has 0 amide bonds. The molecule has 1 aliphatic carbocycles. The lowest BCUT2D eigenvalue weighted by Crippen LogP contribution is -2.05. The molecule has 1 saturated carbocycles. The molecule has 0 bridgehead atoms. The Morgan fingerprint density at radius 3 is 2.70 bits per heavy atom. The van der Waals surface area contributed by atoms with Gasteiger partial charge in [-0.1, -0.05) is 17.8 Å². The average Bonchev–Trinajstić information content (AvgIpc) is 3.22. The van der Waals surface area contributed by atoms with Crippen molar-refractivity contribution in [2.24, 2.45) is 0 Å². The number of hydrogen-bond donors (Lipinski definition) is 0. The zero-order valence-corrected chi connectivity index (χ0v) is 16.7. The van der Waals surface area contributed by atoms with Crippen LogP contribution in [0.1, 0.15) is 29.2 Å². The summed E-state index contributed by atoms with van der Waals surface area (Å²) in [6.07, 6.45) is 2.27. The summed E-state index contributed by atoms with van der Waals surface area (Å²) in [7, 11) is 3.14. The van der Waals surface area contributed by atoms with Crippen LogP contribution in [0, 0.1) is 0 Å². The molecular formula is C19H19N3O3S2. The number of Topliss-reactive ketones (excluding diaryl/α,β-unsaturated/α-hetero) is 1. The van der Waals surface area contributed by atoms with E-state index in [1.54, 1.807) is 43.8 Å². The minimum absolute atomic E-state index is 0.0176. The third kappa shape index (κ3) is 3.72. The van der Waals surface area contributed by atoms with Crippen LogP contribution in [-0.4, -0.2) is 40.5 Å². The van der Waals surface area contributed by atoms with Gasteiger partial charge in [0, 0.05) is 11.6 Å². The number of ketones is 1. The second kappa shape index (κ2) is 7.74. The Morgan fingerprint density at radius 1 is 1.22 bits per heavy atom. The maximum atomic E-state index is 12.6. The zero-order chi connectivity index (χ0) is 18.8. The Bertz CT molecular complexity index is 949. The predicted molar refractivity (Wildman–Crippen MR) is 106 cm³/mol. The molecule has 2 heterocycles. The lowest BCUT2D eigenvalue weighted by atomic mass is 10.1. The normalized spacial score (nSPS) is 13.6. The van der Waals surface area contributed by atoms with Crippen LogP contribution >= 0.6 is 23.1 Å². The standard InChI is InChI=1S/C19H19N3O3S2/c1-24-15-8-5-12(10-16(15)25-2)14(23)11-27-19-21-20-18(17-4-3-9-26-17)22(19)13-6-7-13/h3-5,8-10,13H,6-7,11H2,1-2H3. The molecule has 27 heavy (non-hydrogen) atoms. The number of carbonyl (C=O) groups excluding carboxylic acids is 1. The van der Waals surface area contributed by atoms with Crippen molar-refractivity contribution < 1.29 is 14.3 Å². The third-order valence-electron chi connectivity index (χ3n) is 4.36. The SMILES string of the molecule is COc1ccc(C(=O)CSc2nnc(-c3cccs3)n2C2CC2)cc1OC. The maximum Gasteiger partial charge on any atom is 0.192 e. The van der Waals surface area contributed by atoms with Crippen LogP contribution < -0.4 is 9.47 Å². The topological polar surface area (TPSA) is 66.2 Å². The van der Waals surface area contributed by atoms with Gasteiger partial charge < -0.3 is 9.47 Å². The van der Waals surface area contributed by atoms with Gasteiger partial charge in [-0.25, -0.2) is 0 Å². The fourth-order valence-electron chi connectivity index (χ4n) is 2.83. The van der Waals surface area contributed by atoms with Crippen molar-refractivity contribution in [3.05, 3.63) is 41.3 Å². The van der Waals surface area contributed by atoms with Gasteiger partial charge in [-0.3, -0.25) is 9.36 Å². The van der Waals surface area contributed by atoms with Gasteiger partial charge in [0.05, 0.1) is 24.8 Å². The molecule has 0 radical (unpaired) electrons. The van der Waals surface area contributed by atoms with Crippen molar-refractivity contribution in [2.75, 3.05) is 20.0 Å². The van der Waals surface area contributed by atoms with E-state index in [1.165, 1.54) is 11.8 Å². The molecule has 6 nitrogen and oxygen atoms in total. The number of aromatic nitrogens is 3. The first-order valence-electron chi connectivity index (χ1n) is 8.58. The molecule has 0 spiro atoms. The first-order valence-corrected chi connectivity index (χ1v) is 10.4. The second-order valence-corrected chi connectivity index (χ2v) is 8.06. The van der Waals surface area contributed by atoms with Crippen LogP contribution in [0.15, 0.2) is 40.9 Å². The molecule has 0 unspecified atom stereocenters. The molecule has 0 atom stereocenters. The Balaban J connectivity index is 1.51. The summed E-state index contributed by atoms with van der Waals surface area (Å²) < 4.78 is 12.7. The number of hydrogen-bond acceptors (Lipinski definition) is 7. The number of benzene rings is 1. The van der Waals surface area contributed by atoms with Crippen LogP contribution in [0.4, 0.5) is 0 Å². The minimum atomic E-state index is 0.0176. The Labute approximate surface area is 165 Å². The van der Waals surface area contributed by atoms with Crippen LogP contribution in [0.2, 0.25) is 0 Å². The second-order valence-electron chi connectivity index (χ2n) is 6.17. The van der Waals surface area contributed by atoms with Crippen LogP contribution in [0.5, 0.6) is 11.5 Å². The van der Waals surface area contributed by atoms with Gasteiger partial charge in [-0.2, -0.15) is 0 Å². The van der Waals surface area contributed by atoms with Gasteiger partial charge >= 0.3 is 0 Å². The van der Waals surface area contributed by atoms with Crippen molar-refractivity contribution in [2.45, 2.75) is 24.0 Å². The highest BCUT2D eigenvalue weighted by Gasteiger charge is 2.30. The lowest BCUT2D eigenvalue weighted by molar-refractivity contribution is 0.102. The maximum absolute atomic E-state index is 12.6. The van der Waals surface area contributed by atoms with Gasteiger partial charge in [0.2, 0.25) is 0 Å². The highest BCUT2D eigenvalue weighted by molar-refractivity contribution is 7.99. The van der Waals surface area contributed by atoms with E-state index in [0.29, 0.717) is 28.9 Å². The summed E-state index contributed by atoms with van der Waals surface area (Å²) in [6, 6.07) is 9.72. The monoisotopic (exact) mass is 401 g/mol. The molecule has 0 aliphatic heterocycles. The molecule has 2 aromatic heterocycles. The first-order chi connectivity index (χ1) is 13.2. The highest BCUT2D eigenvalue weighted by Crippen LogP contribution is 2.41. The third-order valence-corrected chi connectivity index (χ3v) is 6.16. The van der Waals surface area contributed by atoms with Crippen molar-refractivity contribution in [1.29, 1.82) is 0 Å². The molecule has 3 aromatic rings. The highest BCUT2D eigenvalue weighted by atomic mass is 32.2. The molecule has 0 saturated heterocycles. The number of thiophene rings is 1. The van der Waals surface area contributed by atoms with Crippen LogP contribution in [0.25, 0.3) is 10.7 Å². The van der Waals surface area contributed by atoms with E-state index in [-0.39, 0.29) is 5.78 Å². The van der Waals surface area contributed by atoms with Crippen LogP contribution in [-0.2, 0) is 0 Å². The predicted octanol–water partition coefficient (Wildman–Crippen LogP) is 4.33. The molecule has 140 valence electrons. The number of methoxy groups -OCH3 is 2. The molecule has 8 heteroatoms. The molecule has 1 aromatic carbocycles. The van der Waals surface area contributed by atoms with Crippen LogP contribution in [0.3, 0.4) is 0 Å². The van der Waals surface area contributed by atoms with Crippen molar-refractivity contribution in [1.82, 2.24) is 14.8 Å². The van der Waals surface area contributed by atoms with Crippen molar-refractivity contribution in [3.8, 4) is 22.2 Å². The van der Waals surface area contributed by atoms with Gasteiger partial charge in [-0.05, 0) is 42.5 Å². The average molecular weight is 402 g/mol. The Morgan fingerprint density at radius 2 is 2.04 bits per heavy atom. The number of rotatable bonds is 8. The van der Waals surface area contributed by atoms with E-state index >= 15 is 0 Å². The van der Waals surface area contributed by atoms with Gasteiger partial charge in [0.15, 0.2) is 28.3 Å². The van der Waals surface area contributed by atoms with Crippen molar-refractivity contribution >= 4 is 28.9 Å². The fourth-order valence-corrected chi connectivity index (χ4v) is 4.44. The number of thioether (sulfide) groups is 1. The number of carbonyl (C=O) groups is 1. The molecule has 0 N–H and O–H groups in total. The van der Waals surface area contributed by atoms with E-state index in [1.807, 2.05) is 11.4 Å². The van der Waals surface area contributed by atoms with E-state index in [4.69, 9.17) is 9.47 Å². The number of ether oxygens (including phenoxy) is 2. The van der Waals surface area contributed by atoms with Gasteiger partial charge in [-0.15, -0.1) is 21.5 Å². The summed E-state index contributed by atoms with van der Waals surface area (Å²) >= 11 is 3.08. The van der Waals surface area contributed by atoms with E-state index < -0.39 is 0 Å². The molecule has 1 fully saturated rings. The smallest absolute Gasteiger partial charge is 0.192 e. The summed E-state index contributed by atoms with van der Waals surface area (Å²) in [4.78, 5) is 13.7. The summed E-state index contributed by atoms with van der Waals surface area (Å²) in [5, 5.41) is 11.6. The zero-order valence-electron chi connectivity index (χ0n) is 15.0. The quantitative estimate of drug-likeness (QED) is 0.413. The Kier molecular flexibility index (Phi) is 5.18. The molecule has 4 rings (SSSR count). The summed E-state index contributed by atoms with van der Waals surface area (Å²) in [5.74, 6) is 2.37. The van der Waals surface area contributed by atoms with Gasteiger partial charge in [0.1, 0.15) is 0 Å². The molecular weight excluding hydrogens is 382 g/mol. The summed E-state index contributed by atoms with van der Waals surface area (Å²) in [6.45, 7) is 0.